The molecule has 0 aliphatic carbocycles. The van der Waals surface area contributed by atoms with Gasteiger partial charge in [0.1, 0.15) is 5.84 Å². The molecule has 1 unspecified atom stereocenters. The summed E-state index contributed by atoms with van der Waals surface area (Å²) in [5.74, 6) is 0.649. The normalized spacial score (nSPS) is 13.3. The number of halogens is 2. The third kappa shape index (κ3) is 5.16. The third-order valence-electron chi connectivity index (χ3n) is 2.47. The third-order valence-corrected chi connectivity index (χ3v) is 2.47. The van der Waals surface area contributed by atoms with E-state index in [0.717, 1.165) is 11.3 Å². The van der Waals surface area contributed by atoms with E-state index in [1.807, 2.05) is 20.8 Å². The number of nitrogens with one attached hydrogen (secondary N) is 1. The lowest BCUT2D eigenvalue weighted by Crippen LogP contribution is -2.15. The molecule has 0 saturated heterocycles. The van der Waals surface area contributed by atoms with Crippen molar-refractivity contribution < 1.29 is 8.78 Å². The zero-order valence-corrected chi connectivity index (χ0v) is 11.6. The average molecular weight is 267 g/mol. The van der Waals surface area contributed by atoms with E-state index in [1.165, 1.54) is 12.1 Å². The second-order valence-electron chi connectivity index (χ2n) is 4.53. The van der Waals surface area contributed by atoms with Crippen LogP contribution in [0.1, 0.15) is 51.3 Å². The molecule has 0 fully saturated rings. The Balaban J connectivity index is 2.82. The van der Waals surface area contributed by atoms with Crippen molar-refractivity contribution in [2.24, 2.45) is 10.1 Å². The fraction of sp³-hybridized carbons (Fsp3) is 0.429. The predicted molar refractivity (Wildman–Crippen MR) is 74.8 cm³/mol. The van der Waals surface area contributed by atoms with Gasteiger partial charge in [-0.05, 0) is 39.3 Å². The number of amidine groups is 1. The standard InChI is InChI=1S/C14H19F2N3/c1-9(2)18-19-11(4)17-10(3)12-6-5-7-13(8-12)14(15)16/h5-8,10,14H,1-4H3,(H,17,19). The number of rotatable bonds is 4. The minimum absolute atomic E-state index is 0.0209. The Labute approximate surface area is 112 Å². The lowest BCUT2D eigenvalue weighted by molar-refractivity contribution is 0.151. The van der Waals surface area contributed by atoms with Crippen LogP contribution in [0.4, 0.5) is 8.78 Å². The van der Waals surface area contributed by atoms with Gasteiger partial charge in [-0.15, -0.1) is 0 Å². The van der Waals surface area contributed by atoms with E-state index in [9.17, 15) is 8.78 Å². The molecular formula is C14H19F2N3. The van der Waals surface area contributed by atoms with Gasteiger partial charge in [0.25, 0.3) is 6.43 Å². The maximum absolute atomic E-state index is 12.6. The van der Waals surface area contributed by atoms with Crippen molar-refractivity contribution in [1.29, 1.82) is 0 Å². The van der Waals surface area contributed by atoms with Crippen molar-refractivity contribution in [1.82, 2.24) is 5.43 Å². The topological polar surface area (TPSA) is 36.8 Å². The average Bonchev–Trinajstić information content (AvgIpc) is 2.36. The molecule has 0 aliphatic rings. The highest BCUT2D eigenvalue weighted by atomic mass is 19.3. The smallest absolute Gasteiger partial charge is 0.263 e. The fourth-order valence-corrected chi connectivity index (χ4v) is 1.54. The van der Waals surface area contributed by atoms with Gasteiger partial charge < -0.3 is 0 Å². The van der Waals surface area contributed by atoms with Crippen molar-refractivity contribution >= 4 is 11.5 Å². The largest absolute Gasteiger partial charge is 0.266 e. The van der Waals surface area contributed by atoms with E-state index in [4.69, 9.17) is 0 Å². The maximum atomic E-state index is 12.6. The number of benzene rings is 1. The van der Waals surface area contributed by atoms with Crippen LogP contribution in [0, 0.1) is 0 Å². The molecule has 19 heavy (non-hydrogen) atoms. The summed E-state index contributed by atoms with van der Waals surface area (Å²) in [4.78, 5) is 4.37. The predicted octanol–water partition coefficient (Wildman–Crippen LogP) is 4.09. The number of hydrogen-bond donors (Lipinski definition) is 1. The van der Waals surface area contributed by atoms with Crippen LogP contribution >= 0.6 is 0 Å². The minimum atomic E-state index is -2.46. The van der Waals surface area contributed by atoms with Crippen molar-refractivity contribution in [3.05, 3.63) is 35.4 Å². The van der Waals surface area contributed by atoms with Gasteiger partial charge in [-0.3, -0.25) is 10.4 Å². The van der Waals surface area contributed by atoms with E-state index < -0.39 is 6.43 Å². The molecule has 0 spiro atoms. The molecule has 1 rings (SSSR count). The Bertz CT molecular complexity index is 477. The van der Waals surface area contributed by atoms with Gasteiger partial charge >= 0.3 is 0 Å². The lowest BCUT2D eigenvalue weighted by atomic mass is 10.1. The number of aliphatic imine (C=N–C) groups is 1. The summed E-state index contributed by atoms with van der Waals surface area (Å²) >= 11 is 0. The molecule has 1 aromatic carbocycles. The Morgan fingerprint density at radius 2 is 1.79 bits per heavy atom. The zero-order valence-electron chi connectivity index (χ0n) is 11.6. The van der Waals surface area contributed by atoms with Crippen molar-refractivity contribution in [3.63, 3.8) is 0 Å². The first-order valence-electron chi connectivity index (χ1n) is 6.09. The molecule has 0 heterocycles. The van der Waals surface area contributed by atoms with E-state index in [2.05, 4.69) is 15.5 Å². The number of nitrogens with zero attached hydrogens (tertiary/aromatic N) is 2. The summed E-state index contributed by atoms with van der Waals surface area (Å²) in [5, 5.41) is 4.03. The summed E-state index contributed by atoms with van der Waals surface area (Å²) in [6, 6.07) is 6.13. The molecular weight excluding hydrogens is 248 g/mol. The van der Waals surface area contributed by atoms with Gasteiger partial charge in [0.15, 0.2) is 0 Å². The first-order chi connectivity index (χ1) is 8.90. The molecule has 0 amide bonds. The summed E-state index contributed by atoms with van der Waals surface area (Å²) in [5.41, 5.74) is 4.48. The van der Waals surface area contributed by atoms with Crippen LogP contribution in [-0.4, -0.2) is 11.5 Å². The first-order valence-corrected chi connectivity index (χ1v) is 6.09. The van der Waals surface area contributed by atoms with E-state index in [0.29, 0.717) is 5.84 Å². The highest BCUT2D eigenvalue weighted by Crippen LogP contribution is 2.24. The van der Waals surface area contributed by atoms with Gasteiger partial charge in [0.2, 0.25) is 0 Å². The van der Waals surface area contributed by atoms with Crippen LogP contribution in [0.25, 0.3) is 0 Å². The van der Waals surface area contributed by atoms with Crippen LogP contribution in [0.3, 0.4) is 0 Å². The molecule has 0 aromatic heterocycles. The van der Waals surface area contributed by atoms with Crippen LogP contribution in [0.5, 0.6) is 0 Å². The first kappa shape index (κ1) is 15.3. The number of hydrazone groups is 1. The van der Waals surface area contributed by atoms with Gasteiger partial charge in [-0.1, -0.05) is 18.2 Å². The van der Waals surface area contributed by atoms with Gasteiger partial charge in [0.05, 0.1) is 6.04 Å². The summed E-state index contributed by atoms with van der Waals surface area (Å²) in [6.07, 6.45) is -2.46. The van der Waals surface area contributed by atoms with Crippen LogP contribution < -0.4 is 5.43 Å². The van der Waals surface area contributed by atoms with E-state index in [-0.39, 0.29) is 11.6 Å². The second-order valence-corrected chi connectivity index (χ2v) is 4.53. The van der Waals surface area contributed by atoms with Crippen LogP contribution in [-0.2, 0) is 0 Å². The van der Waals surface area contributed by atoms with Gasteiger partial charge in [-0.25, -0.2) is 8.78 Å². The summed E-state index contributed by atoms with van der Waals surface area (Å²) < 4.78 is 25.2. The molecule has 1 atom stereocenters. The Kier molecular flexibility index (Phi) is 5.60. The minimum Gasteiger partial charge on any atom is -0.266 e. The van der Waals surface area contributed by atoms with Crippen LogP contribution in [0.2, 0.25) is 0 Å². The molecule has 0 bridgehead atoms. The van der Waals surface area contributed by atoms with Crippen molar-refractivity contribution in [2.45, 2.75) is 40.2 Å². The highest BCUT2D eigenvalue weighted by molar-refractivity contribution is 5.84. The lowest BCUT2D eigenvalue weighted by Gasteiger charge is -2.10. The zero-order chi connectivity index (χ0) is 14.4. The SMILES string of the molecule is CC(C)=NNC(C)=NC(C)c1cccc(C(F)F)c1. The monoisotopic (exact) mass is 267 g/mol. The molecule has 0 radical (unpaired) electrons. The Hall–Kier alpha value is -1.78. The number of alkyl halides is 2. The highest BCUT2D eigenvalue weighted by Gasteiger charge is 2.10. The molecule has 5 heteroatoms. The molecule has 0 aliphatic heterocycles. The fourth-order valence-electron chi connectivity index (χ4n) is 1.54. The Morgan fingerprint density at radius 1 is 1.16 bits per heavy atom. The molecule has 1 N–H and O–H groups in total. The Morgan fingerprint density at radius 3 is 2.37 bits per heavy atom. The van der Waals surface area contributed by atoms with Gasteiger partial charge in [-0.2, -0.15) is 5.10 Å². The molecule has 104 valence electrons. The second kappa shape index (κ2) is 6.97. The molecule has 1 aromatic rings. The van der Waals surface area contributed by atoms with E-state index in [1.54, 1.807) is 19.1 Å². The van der Waals surface area contributed by atoms with Gasteiger partial charge in [0, 0.05) is 11.3 Å². The molecule has 0 saturated carbocycles. The van der Waals surface area contributed by atoms with Crippen LogP contribution in [0.15, 0.2) is 34.4 Å². The quantitative estimate of drug-likeness (QED) is 0.498. The van der Waals surface area contributed by atoms with Crippen molar-refractivity contribution in [3.8, 4) is 0 Å². The summed E-state index contributed by atoms with van der Waals surface area (Å²) in [7, 11) is 0. The van der Waals surface area contributed by atoms with Crippen molar-refractivity contribution in [2.75, 3.05) is 0 Å². The number of hydrogen-bond acceptors (Lipinski definition) is 2. The maximum Gasteiger partial charge on any atom is 0.263 e. The summed E-state index contributed by atoms with van der Waals surface area (Å²) in [6.45, 7) is 7.39. The van der Waals surface area contributed by atoms with E-state index >= 15 is 0 Å². The molecule has 3 nitrogen and oxygen atoms in total.